The van der Waals surface area contributed by atoms with Crippen LogP contribution in [0.3, 0.4) is 0 Å². The predicted molar refractivity (Wildman–Crippen MR) is 61.0 cm³/mol. The van der Waals surface area contributed by atoms with Crippen LogP contribution in [-0.2, 0) is 11.3 Å². The highest BCUT2D eigenvalue weighted by Crippen LogP contribution is 2.02. The van der Waals surface area contributed by atoms with E-state index in [-0.39, 0.29) is 6.04 Å². The smallest absolute Gasteiger partial charge is 0.189 e. The zero-order valence-electron chi connectivity index (χ0n) is 9.86. The number of hydrogen-bond acceptors (Lipinski definition) is 4. The van der Waals surface area contributed by atoms with E-state index in [1.165, 1.54) is 0 Å². The zero-order chi connectivity index (χ0) is 12.0. The maximum Gasteiger partial charge on any atom is 0.189 e. The summed E-state index contributed by atoms with van der Waals surface area (Å²) in [5.41, 5.74) is 6.52. The van der Waals surface area contributed by atoms with Gasteiger partial charge in [0.1, 0.15) is 6.54 Å². The summed E-state index contributed by atoms with van der Waals surface area (Å²) in [6, 6.07) is 1.96. The Balaban J connectivity index is 2.39. The lowest BCUT2D eigenvalue weighted by molar-refractivity contribution is 0.179. The SMILES string of the molecule is COCC(C)NC(N)=NCc1cc(C)no1. The van der Waals surface area contributed by atoms with Crippen molar-refractivity contribution in [2.75, 3.05) is 13.7 Å². The second kappa shape index (κ2) is 6.12. The Bertz CT molecular complexity index is 348. The van der Waals surface area contributed by atoms with Crippen LogP contribution < -0.4 is 11.1 Å². The minimum atomic E-state index is 0.130. The van der Waals surface area contributed by atoms with Crippen LogP contribution >= 0.6 is 0 Å². The first kappa shape index (κ1) is 12.5. The molecule has 6 heteroatoms. The molecule has 0 aromatic carbocycles. The minimum absolute atomic E-state index is 0.130. The van der Waals surface area contributed by atoms with Gasteiger partial charge in [0.05, 0.1) is 12.3 Å². The van der Waals surface area contributed by atoms with Crippen molar-refractivity contribution in [1.82, 2.24) is 10.5 Å². The largest absolute Gasteiger partial charge is 0.383 e. The Kier molecular flexibility index (Phi) is 4.78. The summed E-state index contributed by atoms with van der Waals surface area (Å²) < 4.78 is 9.97. The summed E-state index contributed by atoms with van der Waals surface area (Å²) in [7, 11) is 1.64. The topological polar surface area (TPSA) is 85.7 Å². The minimum Gasteiger partial charge on any atom is -0.383 e. The van der Waals surface area contributed by atoms with Crippen molar-refractivity contribution in [2.45, 2.75) is 26.4 Å². The molecule has 0 aliphatic heterocycles. The monoisotopic (exact) mass is 226 g/mol. The van der Waals surface area contributed by atoms with Crippen molar-refractivity contribution < 1.29 is 9.26 Å². The summed E-state index contributed by atoms with van der Waals surface area (Å²) in [6.45, 7) is 4.79. The Morgan fingerprint density at radius 1 is 1.75 bits per heavy atom. The van der Waals surface area contributed by atoms with Crippen LogP contribution in [0.4, 0.5) is 0 Å². The van der Waals surface area contributed by atoms with Crippen LogP contribution in [-0.4, -0.2) is 30.9 Å². The standard InChI is InChI=1S/C10H18N4O2/c1-7-4-9(16-14-7)5-12-10(11)13-8(2)6-15-3/h4,8H,5-6H2,1-3H3,(H3,11,12,13). The van der Waals surface area contributed by atoms with Crippen molar-refractivity contribution in [3.05, 3.63) is 17.5 Å². The van der Waals surface area contributed by atoms with Gasteiger partial charge in [0.2, 0.25) is 0 Å². The molecule has 0 spiro atoms. The maximum atomic E-state index is 5.68. The highest BCUT2D eigenvalue weighted by Gasteiger charge is 2.03. The number of rotatable bonds is 5. The summed E-state index contributed by atoms with van der Waals surface area (Å²) in [4.78, 5) is 4.12. The molecular weight excluding hydrogens is 208 g/mol. The van der Waals surface area contributed by atoms with Gasteiger partial charge >= 0.3 is 0 Å². The van der Waals surface area contributed by atoms with Crippen LogP contribution in [0.25, 0.3) is 0 Å². The van der Waals surface area contributed by atoms with Crippen LogP contribution in [0.2, 0.25) is 0 Å². The van der Waals surface area contributed by atoms with Crippen LogP contribution in [0, 0.1) is 6.92 Å². The van der Waals surface area contributed by atoms with Gasteiger partial charge in [0, 0.05) is 19.2 Å². The first-order valence-electron chi connectivity index (χ1n) is 5.09. The maximum absolute atomic E-state index is 5.68. The molecule has 0 bridgehead atoms. The summed E-state index contributed by atoms with van der Waals surface area (Å²) in [6.07, 6.45) is 0. The number of nitrogens with one attached hydrogen (secondary N) is 1. The third-order valence-corrected chi connectivity index (χ3v) is 1.89. The highest BCUT2D eigenvalue weighted by atomic mass is 16.5. The van der Waals surface area contributed by atoms with Gasteiger partial charge in [-0.2, -0.15) is 0 Å². The van der Waals surface area contributed by atoms with Crippen LogP contribution in [0.15, 0.2) is 15.6 Å². The number of methoxy groups -OCH3 is 1. The molecule has 3 N–H and O–H groups in total. The normalized spacial score (nSPS) is 13.8. The Morgan fingerprint density at radius 2 is 2.50 bits per heavy atom. The molecule has 1 atom stereocenters. The third-order valence-electron chi connectivity index (χ3n) is 1.89. The molecule has 1 aromatic heterocycles. The molecule has 1 rings (SSSR count). The molecule has 1 unspecified atom stereocenters. The average molecular weight is 226 g/mol. The molecule has 1 aromatic rings. The lowest BCUT2D eigenvalue weighted by atomic mass is 10.4. The van der Waals surface area contributed by atoms with E-state index in [2.05, 4.69) is 15.5 Å². The highest BCUT2D eigenvalue weighted by molar-refractivity contribution is 5.78. The van der Waals surface area contributed by atoms with Crippen molar-refractivity contribution >= 4 is 5.96 Å². The molecule has 0 radical (unpaired) electrons. The first-order valence-corrected chi connectivity index (χ1v) is 5.09. The molecule has 6 nitrogen and oxygen atoms in total. The summed E-state index contributed by atoms with van der Waals surface area (Å²) in [5.74, 6) is 1.07. The number of aromatic nitrogens is 1. The van der Waals surface area contributed by atoms with Gasteiger partial charge < -0.3 is 20.3 Å². The third kappa shape index (κ3) is 4.31. The lowest BCUT2D eigenvalue weighted by Gasteiger charge is -2.12. The number of nitrogens with zero attached hydrogens (tertiary/aromatic N) is 2. The molecule has 90 valence electrons. The number of hydrogen-bond donors (Lipinski definition) is 2. The number of aryl methyl sites for hydroxylation is 1. The Hall–Kier alpha value is -1.56. The second-order valence-electron chi connectivity index (χ2n) is 3.64. The fourth-order valence-electron chi connectivity index (χ4n) is 1.24. The molecular formula is C10H18N4O2. The first-order chi connectivity index (χ1) is 7.61. The number of aliphatic imine (C=N–C) groups is 1. The van der Waals surface area contributed by atoms with Gasteiger partial charge in [-0.25, -0.2) is 4.99 Å². The Labute approximate surface area is 94.8 Å². The number of nitrogens with two attached hydrogens (primary N) is 1. The fourth-order valence-corrected chi connectivity index (χ4v) is 1.24. The number of ether oxygens (including phenoxy) is 1. The van der Waals surface area contributed by atoms with Crippen molar-refractivity contribution in [3.63, 3.8) is 0 Å². The molecule has 1 heterocycles. The zero-order valence-corrected chi connectivity index (χ0v) is 9.86. The molecule has 0 aliphatic carbocycles. The second-order valence-corrected chi connectivity index (χ2v) is 3.64. The van der Waals surface area contributed by atoms with E-state index < -0.39 is 0 Å². The molecule has 16 heavy (non-hydrogen) atoms. The molecule has 0 saturated carbocycles. The van der Waals surface area contributed by atoms with E-state index in [1.54, 1.807) is 7.11 Å². The van der Waals surface area contributed by atoms with Gasteiger partial charge in [0.25, 0.3) is 0 Å². The molecule has 0 fully saturated rings. The van der Waals surface area contributed by atoms with E-state index in [0.717, 1.165) is 5.69 Å². The Morgan fingerprint density at radius 3 is 3.06 bits per heavy atom. The molecule has 0 saturated heterocycles. The van der Waals surface area contributed by atoms with Crippen molar-refractivity contribution in [2.24, 2.45) is 10.7 Å². The van der Waals surface area contributed by atoms with Gasteiger partial charge in [-0.3, -0.25) is 0 Å². The van der Waals surface area contributed by atoms with E-state index in [1.807, 2.05) is 19.9 Å². The van der Waals surface area contributed by atoms with Gasteiger partial charge in [-0.1, -0.05) is 5.16 Å². The van der Waals surface area contributed by atoms with E-state index in [4.69, 9.17) is 15.0 Å². The van der Waals surface area contributed by atoms with Gasteiger partial charge in [-0.15, -0.1) is 0 Å². The quantitative estimate of drug-likeness (QED) is 0.561. The average Bonchev–Trinajstić information content (AvgIpc) is 2.61. The fraction of sp³-hybridized carbons (Fsp3) is 0.600. The molecule has 0 aliphatic rings. The van der Waals surface area contributed by atoms with Gasteiger partial charge in [-0.05, 0) is 13.8 Å². The predicted octanol–water partition coefficient (Wildman–Crippen LogP) is 0.422. The summed E-state index contributed by atoms with van der Waals surface area (Å²) >= 11 is 0. The van der Waals surface area contributed by atoms with E-state index in [9.17, 15) is 0 Å². The van der Waals surface area contributed by atoms with E-state index in [0.29, 0.717) is 24.9 Å². The number of guanidine groups is 1. The van der Waals surface area contributed by atoms with Crippen LogP contribution in [0.5, 0.6) is 0 Å². The molecule has 0 amide bonds. The van der Waals surface area contributed by atoms with Gasteiger partial charge in [0.15, 0.2) is 11.7 Å². The lowest BCUT2D eigenvalue weighted by Crippen LogP contribution is -2.40. The summed E-state index contributed by atoms with van der Waals surface area (Å²) in [5, 5.41) is 6.76. The van der Waals surface area contributed by atoms with E-state index >= 15 is 0 Å². The van der Waals surface area contributed by atoms with Crippen molar-refractivity contribution in [3.8, 4) is 0 Å². The van der Waals surface area contributed by atoms with Crippen molar-refractivity contribution in [1.29, 1.82) is 0 Å². The van der Waals surface area contributed by atoms with Crippen LogP contribution in [0.1, 0.15) is 18.4 Å².